The molecule has 0 spiro atoms. The highest BCUT2D eigenvalue weighted by Crippen LogP contribution is 2.33. The highest BCUT2D eigenvalue weighted by molar-refractivity contribution is 5.88. The summed E-state index contributed by atoms with van der Waals surface area (Å²) in [6, 6.07) is 12.5. The van der Waals surface area contributed by atoms with Gasteiger partial charge in [-0.1, -0.05) is 43.0 Å². The van der Waals surface area contributed by atoms with Crippen molar-refractivity contribution >= 4 is 10.8 Å². The van der Waals surface area contributed by atoms with E-state index >= 15 is 4.39 Å². The number of hydrogen-bond donors (Lipinski definition) is 0. The van der Waals surface area contributed by atoms with Crippen LogP contribution >= 0.6 is 0 Å². The van der Waals surface area contributed by atoms with Gasteiger partial charge in [0.1, 0.15) is 29.8 Å². The second-order valence-corrected chi connectivity index (χ2v) is 8.15. The van der Waals surface area contributed by atoms with Crippen LogP contribution in [0.25, 0.3) is 21.9 Å². The Hall–Kier alpha value is -4.01. The van der Waals surface area contributed by atoms with Gasteiger partial charge in [-0.15, -0.1) is 13.2 Å². The summed E-state index contributed by atoms with van der Waals surface area (Å²) in [5.41, 5.74) is 0.574. The van der Waals surface area contributed by atoms with Crippen molar-refractivity contribution in [3.63, 3.8) is 0 Å². The van der Waals surface area contributed by atoms with Crippen molar-refractivity contribution < 1.29 is 40.2 Å². The Bertz CT molecular complexity index is 1440. The molecule has 0 atom stereocenters. The van der Waals surface area contributed by atoms with Crippen LogP contribution in [0, 0.1) is 23.3 Å². The molecule has 4 aromatic carbocycles. The van der Waals surface area contributed by atoms with Gasteiger partial charge in [0.2, 0.25) is 0 Å². The molecule has 0 aliphatic heterocycles. The molecule has 0 saturated carbocycles. The quantitative estimate of drug-likeness (QED) is 0.172. The van der Waals surface area contributed by atoms with Crippen molar-refractivity contribution in [2.24, 2.45) is 0 Å². The molecule has 9 heteroatoms. The molecule has 0 heterocycles. The van der Waals surface area contributed by atoms with E-state index in [1.54, 1.807) is 6.07 Å². The lowest BCUT2D eigenvalue weighted by Crippen LogP contribution is -2.18. The van der Waals surface area contributed by atoms with Crippen molar-refractivity contribution in [2.75, 3.05) is 6.61 Å². The summed E-state index contributed by atoms with van der Waals surface area (Å²) < 4.78 is 104. The first-order valence-electron chi connectivity index (χ1n) is 11.0. The first kappa shape index (κ1) is 26.1. The van der Waals surface area contributed by atoms with Gasteiger partial charge in [-0.3, -0.25) is 0 Å². The van der Waals surface area contributed by atoms with Gasteiger partial charge < -0.3 is 9.47 Å². The lowest BCUT2D eigenvalue weighted by atomic mass is 9.96. The average molecular weight is 520 g/mol. The van der Waals surface area contributed by atoms with Gasteiger partial charge in [0, 0.05) is 17.5 Å². The Morgan fingerprint density at radius 1 is 0.784 bits per heavy atom. The van der Waals surface area contributed by atoms with Crippen LogP contribution < -0.4 is 9.47 Å². The maximum atomic E-state index is 15.2. The highest BCUT2D eigenvalue weighted by Gasteiger charge is 2.32. The Labute approximate surface area is 207 Å². The molecule has 0 radical (unpaired) electrons. The molecule has 4 rings (SSSR count). The highest BCUT2D eigenvalue weighted by atomic mass is 19.4. The number of rotatable bonds is 8. The number of aryl methyl sites for hydroxylation is 2. The van der Waals surface area contributed by atoms with Gasteiger partial charge in [0.15, 0.2) is 11.6 Å². The SMILES string of the molecule is C=CCOc1cc(F)c(-c2ccc3c(F)c(CCc4ccc(OC(F)(F)F)c(F)c4)ccc3c2)c(F)c1. The summed E-state index contributed by atoms with van der Waals surface area (Å²) in [6.07, 6.45) is -3.28. The van der Waals surface area contributed by atoms with Crippen LogP contribution in [0.3, 0.4) is 0 Å². The van der Waals surface area contributed by atoms with Crippen LogP contribution in [0.5, 0.6) is 11.5 Å². The fourth-order valence-corrected chi connectivity index (χ4v) is 3.94. The number of hydrogen-bond acceptors (Lipinski definition) is 2. The summed E-state index contributed by atoms with van der Waals surface area (Å²) >= 11 is 0. The van der Waals surface area contributed by atoms with Crippen LogP contribution in [-0.4, -0.2) is 13.0 Å². The third-order valence-corrected chi connectivity index (χ3v) is 5.61. The lowest BCUT2D eigenvalue weighted by Gasteiger charge is -2.12. The Kier molecular flexibility index (Phi) is 7.42. The van der Waals surface area contributed by atoms with Crippen molar-refractivity contribution in [3.05, 3.63) is 108 Å². The number of alkyl halides is 3. The molecule has 4 aromatic rings. The fraction of sp³-hybridized carbons (Fsp3) is 0.143. The molecule has 37 heavy (non-hydrogen) atoms. The molecule has 0 bridgehead atoms. The van der Waals surface area contributed by atoms with Gasteiger partial charge in [0.05, 0.1) is 5.56 Å². The second kappa shape index (κ2) is 10.5. The van der Waals surface area contributed by atoms with Crippen molar-refractivity contribution in [3.8, 4) is 22.6 Å². The predicted octanol–water partition coefficient (Wildman–Crippen LogP) is 8.31. The summed E-state index contributed by atoms with van der Waals surface area (Å²) in [5.74, 6) is -4.35. The molecular formula is C28H19F7O2. The van der Waals surface area contributed by atoms with E-state index in [2.05, 4.69) is 11.3 Å². The normalized spacial score (nSPS) is 11.5. The minimum atomic E-state index is -5.02. The van der Waals surface area contributed by atoms with E-state index < -0.39 is 35.4 Å². The maximum absolute atomic E-state index is 15.2. The first-order chi connectivity index (χ1) is 17.6. The summed E-state index contributed by atoms with van der Waals surface area (Å²) in [6.45, 7) is 3.56. The van der Waals surface area contributed by atoms with Crippen molar-refractivity contribution in [1.29, 1.82) is 0 Å². The van der Waals surface area contributed by atoms with E-state index in [1.807, 2.05) is 0 Å². The molecule has 2 nitrogen and oxygen atoms in total. The maximum Gasteiger partial charge on any atom is 0.573 e. The first-order valence-corrected chi connectivity index (χ1v) is 11.0. The molecule has 0 fully saturated rings. The molecule has 0 aliphatic carbocycles. The Morgan fingerprint density at radius 2 is 1.51 bits per heavy atom. The number of halogens is 7. The van der Waals surface area contributed by atoms with Gasteiger partial charge in [-0.25, -0.2) is 17.6 Å². The Morgan fingerprint density at radius 3 is 2.16 bits per heavy atom. The molecule has 0 unspecified atom stereocenters. The van der Waals surface area contributed by atoms with Crippen molar-refractivity contribution in [1.82, 2.24) is 0 Å². The standard InChI is InChI=1S/C28H19F7O2/c1-2-11-36-20-14-23(30)26(24(31)15-20)19-8-9-21-18(13-19)7-6-17(27(21)32)5-3-16-4-10-25(22(29)12-16)37-28(33,34)35/h2,4,6-10,12-15H,1,3,5,11H2. The van der Waals surface area contributed by atoms with Gasteiger partial charge in [0.25, 0.3) is 0 Å². The summed E-state index contributed by atoms with van der Waals surface area (Å²) in [4.78, 5) is 0. The van der Waals surface area contributed by atoms with E-state index in [1.165, 1.54) is 36.4 Å². The molecular weight excluding hydrogens is 501 g/mol. The number of fused-ring (bicyclic) bond motifs is 1. The van der Waals surface area contributed by atoms with Crippen LogP contribution in [0.2, 0.25) is 0 Å². The van der Waals surface area contributed by atoms with E-state index in [0.717, 1.165) is 24.3 Å². The molecule has 0 aliphatic rings. The minimum absolute atomic E-state index is 0.0116. The smallest absolute Gasteiger partial charge is 0.489 e. The van der Waals surface area contributed by atoms with Crippen LogP contribution in [-0.2, 0) is 12.8 Å². The van der Waals surface area contributed by atoms with E-state index in [9.17, 15) is 26.3 Å². The zero-order valence-electron chi connectivity index (χ0n) is 19.1. The third-order valence-electron chi connectivity index (χ3n) is 5.61. The second-order valence-electron chi connectivity index (χ2n) is 8.15. The van der Waals surface area contributed by atoms with Crippen LogP contribution in [0.15, 0.2) is 73.3 Å². The van der Waals surface area contributed by atoms with Gasteiger partial charge in [-0.05, 0) is 53.1 Å². The van der Waals surface area contributed by atoms with Crippen molar-refractivity contribution in [2.45, 2.75) is 19.2 Å². The molecule has 0 saturated heterocycles. The Balaban J connectivity index is 1.55. The summed E-state index contributed by atoms with van der Waals surface area (Å²) in [7, 11) is 0. The van der Waals surface area contributed by atoms with E-state index in [4.69, 9.17) is 4.74 Å². The molecule has 0 N–H and O–H groups in total. The number of benzene rings is 4. The monoisotopic (exact) mass is 520 g/mol. The van der Waals surface area contributed by atoms with E-state index in [0.29, 0.717) is 10.9 Å². The average Bonchev–Trinajstić information content (AvgIpc) is 2.83. The van der Waals surface area contributed by atoms with Crippen LogP contribution in [0.4, 0.5) is 30.7 Å². The van der Waals surface area contributed by atoms with Gasteiger partial charge >= 0.3 is 6.36 Å². The number of ether oxygens (including phenoxy) is 2. The third kappa shape index (κ3) is 6.04. The zero-order chi connectivity index (χ0) is 26.7. The predicted molar refractivity (Wildman–Crippen MR) is 125 cm³/mol. The largest absolute Gasteiger partial charge is 0.573 e. The van der Waals surface area contributed by atoms with Gasteiger partial charge in [-0.2, -0.15) is 0 Å². The summed E-state index contributed by atoms with van der Waals surface area (Å²) in [5, 5.41) is 0.623. The zero-order valence-corrected chi connectivity index (χ0v) is 19.1. The lowest BCUT2D eigenvalue weighted by molar-refractivity contribution is -0.275. The van der Waals surface area contributed by atoms with Crippen LogP contribution in [0.1, 0.15) is 11.1 Å². The topological polar surface area (TPSA) is 18.5 Å². The fourth-order valence-electron chi connectivity index (χ4n) is 3.94. The van der Waals surface area contributed by atoms with E-state index in [-0.39, 0.29) is 47.3 Å². The minimum Gasteiger partial charge on any atom is -0.489 e. The molecule has 192 valence electrons. The molecule has 0 aromatic heterocycles. The molecule has 0 amide bonds.